The van der Waals surface area contributed by atoms with Crippen LogP contribution in [0.4, 0.5) is 17.1 Å². The van der Waals surface area contributed by atoms with Crippen LogP contribution in [-0.2, 0) is 0 Å². The summed E-state index contributed by atoms with van der Waals surface area (Å²) in [7, 11) is 0. The Morgan fingerprint density at radius 2 is 1.09 bits per heavy atom. The number of furan rings is 1. The Hall–Kier alpha value is -6.79. The van der Waals surface area contributed by atoms with E-state index < -0.39 is 0 Å². The zero-order valence-corrected chi connectivity index (χ0v) is 31.6. The Balaban J connectivity index is 0.992. The van der Waals surface area contributed by atoms with E-state index in [1.165, 1.54) is 57.5 Å². The van der Waals surface area contributed by atoms with E-state index >= 15 is 0 Å². The number of aromatic nitrogens is 1. The van der Waals surface area contributed by atoms with Gasteiger partial charge in [0, 0.05) is 59.0 Å². The van der Waals surface area contributed by atoms with E-state index in [9.17, 15) is 0 Å². The average Bonchev–Trinajstić information content (AvgIpc) is 3.97. The third kappa shape index (κ3) is 4.98. The molecule has 0 N–H and O–H groups in total. The van der Waals surface area contributed by atoms with Gasteiger partial charge in [0.1, 0.15) is 16.2 Å². The summed E-state index contributed by atoms with van der Waals surface area (Å²) in [4.78, 5) is 7.43. The summed E-state index contributed by atoms with van der Waals surface area (Å²) in [5, 5.41) is 10.8. The lowest BCUT2D eigenvalue weighted by Crippen LogP contribution is -2.09. The smallest absolute Gasteiger partial charge is 0.135 e. The van der Waals surface area contributed by atoms with Crippen LogP contribution in [0.15, 0.2) is 186 Å². The molecule has 0 aliphatic rings. The minimum absolute atomic E-state index is 0.890. The quantitative estimate of drug-likeness (QED) is 0.164. The SMILES string of the molecule is c1ccc(-c2nc3ccc4ccc5ccc(-c6ccc(N(c7ccc8c(c7)sc7ccccc78)c7ccc8oc9ccccc9c8c7)cc6)cc5c4c3s2)cc1. The fraction of sp³-hybridized carbons (Fsp3) is 0. The molecule has 0 radical (unpaired) electrons. The van der Waals surface area contributed by atoms with Crippen LogP contribution >= 0.6 is 22.7 Å². The van der Waals surface area contributed by atoms with Gasteiger partial charge in [-0.25, -0.2) is 4.98 Å². The lowest BCUT2D eigenvalue weighted by atomic mass is 9.96. The van der Waals surface area contributed by atoms with Gasteiger partial charge in [-0.3, -0.25) is 0 Å². The molecule has 262 valence electrons. The van der Waals surface area contributed by atoms with Gasteiger partial charge in [0.05, 0.1) is 10.2 Å². The van der Waals surface area contributed by atoms with Gasteiger partial charge in [0.2, 0.25) is 0 Å². The van der Waals surface area contributed by atoms with Crippen molar-refractivity contribution in [1.82, 2.24) is 4.98 Å². The first-order valence-electron chi connectivity index (χ1n) is 18.8. The van der Waals surface area contributed by atoms with E-state index in [2.05, 4.69) is 175 Å². The predicted octanol–water partition coefficient (Wildman–Crippen LogP) is 15.7. The second-order valence-corrected chi connectivity index (χ2v) is 16.4. The van der Waals surface area contributed by atoms with E-state index in [0.717, 1.165) is 55.1 Å². The number of thiazole rings is 1. The highest BCUT2D eigenvalue weighted by atomic mass is 32.1. The standard InChI is InChI=1S/C51H30N2OS2/c1-2-8-34(9-3-1)51-52-44-26-20-33-16-14-32-15-17-35(28-42(32)49(33)50(44)56-51)31-18-21-36(22-19-31)53(37-24-27-46-43(29-37)39-10-4-6-12-45(39)54-46)38-23-25-41-40-11-5-7-13-47(40)55-48(41)30-38/h1-30H. The normalized spacial score (nSPS) is 11.9. The number of hydrogen-bond acceptors (Lipinski definition) is 5. The van der Waals surface area contributed by atoms with Crippen molar-refractivity contribution in [2.45, 2.75) is 0 Å². The predicted molar refractivity (Wildman–Crippen MR) is 240 cm³/mol. The van der Waals surface area contributed by atoms with Crippen LogP contribution in [-0.4, -0.2) is 4.98 Å². The highest BCUT2D eigenvalue weighted by molar-refractivity contribution is 7.25. The number of anilines is 3. The molecule has 3 aromatic heterocycles. The number of para-hydroxylation sites is 1. The van der Waals surface area contributed by atoms with Crippen molar-refractivity contribution >= 4 is 114 Å². The maximum absolute atomic E-state index is 6.24. The molecule has 0 saturated heterocycles. The molecule has 5 heteroatoms. The molecule has 0 atom stereocenters. The lowest BCUT2D eigenvalue weighted by Gasteiger charge is -2.26. The first-order chi connectivity index (χ1) is 27.7. The molecule has 0 aliphatic carbocycles. The molecule has 0 fully saturated rings. The first kappa shape index (κ1) is 31.5. The van der Waals surface area contributed by atoms with E-state index in [-0.39, 0.29) is 0 Å². The highest BCUT2D eigenvalue weighted by Gasteiger charge is 2.18. The topological polar surface area (TPSA) is 29.3 Å². The second kappa shape index (κ2) is 12.4. The average molecular weight is 751 g/mol. The highest BCUT2D eigenvalue weighted by Crippen LogP contribution is 2.44. The summed E-state index contributed by atoms with van der Waals surface area (Å²) in [6.45, 7) is 0. The molecule has 0 unspecified atom stereocenters. The summed E-state index contributed by atoms with van der Waals surface area (Å²) >= 11 is 3.63. The molecule has 12 rings (SSSR count). The van der Waals surface area contributed by atoms with Gasteiger partial charge in [0.25, 0.3) is 0 Å². The molecule has 0 spiro atoms. The zero-order chi connectivity index (χ0) is 36.7. The number of fused-ring (bicyclic) bond motifs is 11. The minimum Gasteiger partial charge on any atom is -0.456 e. The van der Waals surface area contributed by atoms with Gasteiger partial charge in [-0.05, 0) is 94.0 Å². The number of rotatable bonds is 5. The molecule has 56 heavy (non-hydrogen) atoms. The van der Waals surface area contributed by atoms with Crippen LogP contribution in [0.2, 0.25) is 0 Å². The third-order valence-corrected chi connectivity index (χ3v) is 13.3. The lowest BCUT2D eigenvalue weighted by molar-refractivity contribution is 0.669. The molecule has 0 aliphatic heterocycles. The number of nitrogens with zero attached hydrogens (tertiary/aromatic N) is 2. The van der Waals surface area contributed by atoms with Crippen molar-refractivity contribution < 1.29 is 4.42 Å². The van der Waals surface area contributed by atoms with Crippen LogP contribution in [0.3, 0.4) is 0 Å². The number of thiophene rings is 1. The van der Waals surface area contributed by atoms with Gasteiger partial charge >= 0.3 is 0 Å². The van der Waals surface area contributed by atoms with Crippen molar-refractivity contribution in [2.24, 2.45) is 0 Å². The largest absolute Gasteiger partial charge is 0.456 e. The Morgan fingerprint density at radius 1 is 0.411 bits per heavy atom. The molecular weight excluding hydrogens is 721 g/mol. The Labute approximate surface area is 329 Å². The van der Waals surface area contributed by atoms with Crippen molar-refractivity contribution in [3.63, 3.8) is 0 Å². The van der Waals surface area contributed by atoms with Crippen LogP contribution in [0, 0.1) is 0 Å². The molecule has 9 aromatic carbocycles. The van der Waals surface area contributed by atoms with E-state index in [1.807, 2.05) is 23.5 Å². The van der Waals surface area contributed by atoms with Crippen molar-refractivity contribution in [2.75, 3.05) is 4.90 Å². The third-order valence-electron chi connectivity index (χ3n) is 11.1. The molecule has 0 saturated carbocycles. The molecule has 12 aromatic rings. The van der Waals surface area contributed by atoms with Gasteiger partial charge in [-0.2, -0.15) is 0 Å². The van der Waals surface area contributed by atoms with Crippen LogP contribution in [0.1, 0.15) is 0 Å². The summed E-state index contributed by atoms with van der Waals surface area (Å²) in [5.74, 6) is 0. The van der Waals surface area contributed by atoms with Gasteiger partial charge in [0.15, 0.2) is 0 Å². The Kier molecular flexibility index (Phi) is 6.97. The molecular formula is C51H30N2OS2. The van der Waals surface area contributed by atoms with E-state index in [1.54, 1.807) is 11.3 Å². The zero-order valence-electron chi connectivity index (χ0n) is 29.9. The fourth-order valence-electron chi connectivity index (χ4n) is 8.36. The van der Waals surface area contributed by atoms with Crippen molar-refractivity contribution in [3.05, 3.63) is 182 Å². The Bertz CT molecular complexity index is 3490. The molecule has 0 bridgehead atoms. The van der Waals surface area contributed by atoms with Crippen LogP contribution in [0.25, 0.3) is 95.6 Å². The summed E-state index contributed by atoms with van der Waals surface area (Å²) in [6.07, 6.45) is 0. The number of benzene rings is 9. The van der Waals surface area contributed by atoms with Gasteiger partial charge < -0.3 is 9.32 Å². The van der Waals surface area contributed by atoms with Crippen molar-refractivity contribution in [1.29, 1.82) is 0 Å². The summed E-state index contributed by atoms with van der Waals surface area (Å²) in [5.41, 5.74) is 9.63. The first-order valence-corrected chi connectivity index (χ1v) is 20.4. The summed E-state index contributed by atoms with van der Waals surface area (Å²) in [6, 6.07) is 65.6. The molecule has 0 amide bonds. The second-order valence-electron chi connectivity index (χ2n) is 14.3. The van der Waals surface area contributed by atoms with E-state index in [0.29, 0.717) is 0 Å². The number of hydrogen-bond donors (Lipinski definition) is 0. The fourth-order valence-corrected chi connectivity index (χ4v) is 10.6. The van der Waals surface area contributed by atoms with Crippen LogP contribution in [0.5, 0.6) is 0 Å². The maximum atomic E-state index is 6.24. The molecule has 3 nitrogen and oxygen atoms in total. The maximum Gasteiger partial charge on any atom is 0.135 e. The van der Waals surface area contributed by atoms with Crippen molar-refractivity contribution in [3.8, 4) is 21.7 Å². The minimum atomic E-state index is 0.890. The van der Waals surface area contributed by atoms with Gasteiger partial charge in [-0.1, -0.05) is 115 Å². The van der Waals surface area contributed by atoms with E-state index in [4.69, 9.17) is 9.40 Å². The summed E-state index contributed by atoms with van der Waals surface area (Å²) < 4.78 is 10.0. The van der Waals surface area contributed by atoms with Gasteiger partial charge in [-0.15, -0.1) is 22.7 Å². The molecule has 3 heterocycles. The Morgan fingerprint density at radius 3 is 2.00 bits per heavy atom. The van der Waals surface area contributed by atoms with Crippen LogP contribution < -0.4 is 4.90 Å². The monoisotopic (exact) mass is 750 g/mol.